The first-order chi connectivity index (χ1) is 13.2. The number of aromatic nitrogens is 2. The molecule has 0 saturated heterocycles. The van der Waals surface area contributed by atoms with E-state index in [0.717, 1.165) is 27.9 Å². The van der Waals surface area contributed by atoms with E-state index in [9.17, 15) is 4.91 Å². The maximum atomic E-state index is 10.9. The zero-order valence-corrected chi connectivity index (χ0v) is 16.1. The number of thioether (sulfide) groups is 1. The molecule has 0 radical (unpaired) electrons. The van der Waals surface area contributed by atoms with E-state index < -0.39 is 0 Å². The van der Waals surface area contributed by atoms with Crippen LogP contribution in [0.2, 0.25) is 0 Å². The van der Waals surface area contributed by atoms with Crippen molar-refractivity contribution in [3.8, 4) is 11.3 Å². The Kier molecular flexibility index (Phi) is 5.93. The van der Waals surface area contributed by atoms with Crippen molar-refractivity contribution in [2.45, 2.75) is 6.92 Å². The molecule has 0 atom stereocenters. The van der Waals surface area contributed by atoms with Crippen LogP contribution in [0.5, 0.6) is 0 Å². The van der Waals surface area contributed by atoms with Crippen LogP contribution >= 0.6 is 11.8 Å². The van der Waals surface area contributed by atoms with Gasteiger partial charge in [-0.15, -0.1) is 4.91 Å². The molecular weight excluding hydrogens is 358 g/mol. The number of hydrogen-bond acceptors (Lipinski definition) is 5. The fourth-order valence-electron chi connectivity index (χ4n) is 2.80. The average molecular weight is 377 g/mol. The van der Waals surface area contributed by atoms with Crippen molar-refractivity contribution in [3.63, 3.8) is 0 Å². The van der Waals surface area contributed by atoms with E-state index in [2.05, 4.69) is 15.2 Å². The molecule has 3 aromatic rings. The smallest absolute Gasteiger partial charge is 0.182 e. The summed E-state index contributed by atoms with van der Waals surface area (Å²) >= 11 is 1.49. The van der Waals surface area contributed by atoms with Gasteiger partial charge in [0.2, 0.25) is 0 Å². The van der Waals surface area contributed by atoms with Crippen LogP contribution in [0.15, 0.2) is 69.9 Å². The number of allylic oxidation sites excluding steroid dienone is 2. The molecule has 136 valence electrons. The molecule has 0 aliphatic heterocycles. The van der Waals surface area contributed by atoms with Crippen molar-refractivity contribution in [1.29, 1.82) is 0 Å². The molecule has 6 nitrogen and oxygen atoms in total. The highest BCUT2D eigenvalue weighted by Crippen LogP contribution is 2.33. The van der Waals surface area contributed by atoms with Gasteiger partial charge in [0.25, 0.3) is 0 Å². The molecule has 0 amide bonds. The second kappa shape index (κ2) is 8.55. The number of pyridine rings is 1. The Labute approximate surface area is 161 Å². The predicted molar refractivity (Wildman–Crippen MR) is 115 cm³/mol. The molecule has 0 bridgehead atoms. The monoisotopic (exact) mass is 377 g/mol. The minimum absolute atomic E-state index is 0.377. The topological polar surface area (TPSA) is 71.4 Å². The van der Waals surface area contributed by atoms with E-state index >= 15 is 0 Å². The second-order valence-corrected chi connectivity index (χ2v) is 6.51. The van der Waals surface area contributed by atoms with E-state index in [1.807, 2.05) is 60.3 Å². The third kappa shape index (κ3) is 4.03. The maximum Gasteiger partial charge on any atom is 0.182 e. The zero-order valence-electron chi connectivity index (χ0n) is 15.3. The lowest BCUT2D eigenvalue weighted by Crippen LogP contribution is -1.88. The summed E-state index contributed by atoms with van der Waals surface area (Å²) in [5.41, 5.74) is 4.99. The fourth-order valence-corrected chi connectivity index (χ4v) is 3.15. The van der Waals surface area contributed by atoms with Crippen LogP contribution in [0.25, 0.3) is 22.3 Å². The number of nitrogens with zero attached hydrogens (tertiary/aromatic N) is 5. The lowest BCUT2D eigenvalue weighted by molar-refractivity contribution is 0.966. The highest BCUT2D eigenvalue weighted by atomic mass is 32.2. The number of fused-ring (bicyclic) bond motifs is 1. The summed E-state index contributed by atoms with van der Waals surface area (Å²) in [6.07, 6.45) is 7.53. The van der Waals surface area contributed by atoms with Gasteiger partial charge in [-0.05, 0) is 54.3 Å². The highest BCUT2D eigenvalue weighted by Gasteiger charge is 2.16. The minimum Gasteiger partial charge on any atom is -0.264 e. The maximum absolute atomic E-state index is 10.9. The average Bonchev–Trinajstić information content (AvgIpc) is 3.11. The Hall–Kier alpha value is -3.06. The fraction of sp³-hybridized carbons (Fsp3) is 0.150. The van der Waals surface area contributed by atoms with Gasteiger partial charge in [-0.2, -0.15) is 5.10 Å². The quantitative estimate of drug-likeness (QED) is 0.355. The van der Waals surface area contributed by atoms with E-state index in [0.29, 0.717) is 10.9 Å². The number of nitroso groups, excluding NO2 is 1. The second-order valence-electron chi connectivity index (χ2n) is 5.73. The van der Waals surface area contributed by atoms with Gasteiger partial charge in [0.05, 0.1) is 5.52 Å². The van der Waals surface area contributed by atoms with Crippen LogP contribution in [0.3, 0.4) is 0 Å². The van der Waals surface area contributed by atoms with Crippen LogP contribution in [-0.2, 0) is 0 Å². The van der Waals surface area contributed by atoms with Crippen molar-refractivity contribution >= 4 is 39.9 Å². The van der Waals surface area contributed by atoms with Gasteiger partial charge in [-0.1, -0.05) is 30.0 Å². The van der Waals surface area contributed by atoms with Gasteiger partial charge in [-0.3, -0.25) is 4.99 Å². The first-order valence-corrected chi connectivity index (χ1v) is 9.53. The van der Waals surface area contributed by atoms with Crippen molar-refractivity contribution < 1.29 is 0 Å². The molecule has 0 saturated carbocycles. The van der Waals surface area contributed by atoms with Gasteiger partial charge in [0, 0.05) is 30.6 Å². The first kappa shape index (κ1) is 18.7. The Bertz CT molecular complexity index is 1070. The predicted octanol–water partition coefficient (Wildman–Crippen LogP) is 5.22. The molecular formula is C20H19N5OS. The van der Waals surface area contributed by atoms with E-state index in [-0.39, 0.29) is 0 Å². The van der Waals surface area contributed by atoms with Crippen molar-refractivity contribution in [2.75, 3.05) is 13.3 Å². The number of amidine groups is 1. The third-order valence-corrected chi connectivity index (χ3v) is 4.70. The summed E-state index contributed by atoms with van der Waals surface area (Å²) in [5.74, 6) is 0. The Morgan fingerprint density at radius 1 is 1.22 bits per heavy atom. The summed E-state index contributed by atoms with van der Waals surface area (Å²) in [6.45, 7) is 2.02. The molecule has 7 heteroatoms. The molecule has 2 heterocycles. The summed E-state index contributed by atoms with van der Waals surface area (Å²) < 4.78 is 1.83. The van der Waals surface area contributed by atoms with Gasteiger partial charge < -0.3 is 0 Å². The molecule has 0 aliphatic carbocycles. The summed E-state index contributed by atoms with van der Waals surface area (Å²) in [7, 11) is 1.72. The van der Waals surface area contributed by atoms with Crippen LogP contribution in [0.4, 0.5) is 5.69 Å². The summed E-state index contributed by atoms with van der Waals surface area (Å²) in [4.78, 5) is 19.4. The van der Waals surface area contributed by atoms with Crippen LogP contribution < -0.4 is 0 Å². The number of rotatable bonds is 4. The molecule has 3 rings (SSSR count). The standard InChI is InChI=1S/C20H19N5OS/c1-14(10-11-22-20(21-2)27-3)18-17-9-4-5-12-25(17)23-19(18)15-7-6-8-16(13-15)24-26/h4-13H,1-3H3/b14-10+,21-20-,22-11-. The lowest BCUT2D eigenvalue weighted by atomic mass is 10.0. The first-order valence-electron chi connectivity index (χ1n) is 8.31. The van der Waals surface area contributed by atoms with Crippen LogP contribution in [-0.4, -0.2) is 34.3 Å². The Morgan fingerprint density at radius 3 is 2.81 bits per heavy atom. The lowest BCUT2D eigenvalue weighted by Gasteiger charge is -2.04. The van der Waals surface area contributed by atoms with Crippen molar-refractivity contribution in [1.82, 2.24) is 9.61 Å². The molecule has 0 unspecified atom stereocenters. The number of benzene rings is 1. The minimum atomic E-state index is 0.377. The molecule has 0 aliphatic rings. The van der Waals surface area contributed by atoms with Crippen molar-refractivity contribution in [3.05, 3.63) is 65.2 Å². The largest absolute Gasteiger partial charge is 0.264 e. The number of aliphatic imine (C=N–C) groups is 2. The Balaban J connectivity index is 2.14. The van der Waals surface area contributed by atoms with E-state index in [4.69, 9.17) is 5.10 Å². The molecule has 1 aromatic carbocycles. The van der Waals surface area contributed by atoms with E-state index in [1.54, 1.807) is 25.4 Å². The molecule has 27 heavy (non-hydrogen) atoms. The zero-order chi connectivity index (χ0) is 19.2. The molecule has 0 fully saturated rings. The highest BCUT2D eigenvalue weighted by molar-refractivity contribution is 8.13. The van der Waals surface area contributed by atoms with Crippen LogP contribution in [0.1, 0.15) is 12.5 Å². The van der Waals surface area contributed by atoms with Gasteiger partial charge in [0.15, 0.2) is 5.17 Å². The normalized spacial score (nSPS) is 12.9. The molecule has 2 aromatic heterocycles. The van der Waals surface area contributed by atoms with Crippen molar-refractivity contribution in [2.24, 2.45) is 15.2 Å². The number of hydrogen-bond donors (Lipinski definition) is 0. The molecule has 0 spiro atoms. The SMILES string of the molecule is C/N=C(/N=C\C=C(/C)c1c(-c2cccc(N=O)c2)nn2ccccc12)SC. The van der Waals surface area contributed by atoms with Gasteiger partial charge in [0.1, 0.15) is 11.4 Å². The van der Waals surface area contributed by atoms with Crippen LogP contribution in [0, 0.1) is 4.91 Å². The Morgan fingerprint density at radius 2 is 2.07 bits per heavy atom. The molecule has 0 N–H and O–H groups in total. The third-order valence-electron chi connectivity index (χ3n) is 4.04. The van der Waals surface area contributed by atoms with Gasteiger partial charge >= 0.3 is 0 Å². The van der Waals surface area contributed by atoms with Gasteiger partial charge in [-0.25, -0.2) is 9.51 Å². The van der Waals surface area contributed by atoms with E-state index in [1.165, 1.54) is 11.8 Å². The summed E-state index contributed by atoms with van der Waals surface area (Å²) in [5, 5.41) is 8.46. The summed E-state index contributed by atoms with van der Waals surface area (Å²) in [6, 6.07) is 13.1.